The average molecular weight is 164 g/mol. The van der Waals surface area contributed by atoms with Crippen LogP contribution in [-0.2, 0) is 0 Å². The van der Waals surface area contributed by atoms with Crippen molar-refractivity contribution < 1.29 is 4.79 Å². The molecule has 12 heavy (non-hydrogen) atoms. The first-order valence-corrected chi connectivity index (χ1v) is 3.74. The number of carbonyl (C=O) groups excluding carboxylic acids is 1. The summed E-state index contributed by atoms with van der Waals surface area (Å²) < 4.78 is 0. The minimum absolute atomic E-state index is 0.391. The number of hydrogen-bond acceptors (Lipinski definition) is 2. The van der Waals surface area contributed by atoms with E-state index in [0.29, 0.717) is 5.56 Å². The predicted molar refractivity (Wildman–Crippen MR) is 49.2 cm³/mol. The number of aryl methyl sites for hydroxylation is 1. The number of nitrogens with two attached hydrogens (primary N) is 1. The molecule has 1 amide bonds. The summed E-state index contributed by atoms with van der Waals surface area (Å²) >= 11 is 0. The standard InChI is InChI=1S/C9H12N2O/c1-6-4-3-5-7(11-2)8(6)9(10)12/h3-5,11H,1-2H3,(H2,10,12). The molecule has 0 spiro atoms. The first-order valence-electron chi connectivity index (χ1n) is 3.74. The molecular formula is C9H12N2O. The highest BCUT2D eigenvalue weighted by Gasteiger charge is 2.08. The predicted octanol–water partition coefficient (Wildman–Crippen LogP) is 1.14. The van der Waals surface area contributed by atoms with Crippen molar-refractivity contribution in [3.8, 4) is 0 Å². The zero-order valence-corrected chi connectivity index (χ0v) is 7.22. The van der Waals surface area contributed by atoms with Gasteiger partial charge in [0.25, 0.3) is 5.91 Å². The van der Waals surface area contributed by atoms with Gasteiger partial charge in [-0.1, -0.05) is 12.1 Å². The molecule has 1 rings (SSSR count). The van der Waals surface area contributed by atoms with E-state index in [9.17, 15) is 4.79 Å². The van der Waals surface area contributed by atoms with Gasteiger partial charge >= 0.3 is 0 Å². The number of nitrogens with one attached hydrogen (secondary N) is 1. The van der Waals surface area contributed by atoms with E-state index in [4.69, 9.17) is 5.73 Å². The monoisotopic (exact) mass is 164 g/mol. The second-order valence-corrected chi connectivity index (χ2v) is 2.61. The molecule has 0 bridgehead atoms. The van der Waals surface area contributed by atoms with E-state index in [1.54, 1.807) is 7.05 Å². The lowest BCUT2D eigenvalue weighted by molar-refractivity contribution is 0.100. The first-order chi connectivity index (χ1) is 5.66. The molecule has 0 saturated heterocycles. The van der Waals surface area contributed by atoms with E-state index in [1.807, 2.05) is 25.1 Å². The van der Waals surface area contributed by atoms with Gasteiger partial charge in [0.15, 0.2) is 0 Å². The fourth-order valence-corrected chi connectivity index (χ4v) is 1.20. The van der Waals surface area contributed by atoms with Crippen molar-refractivity contribution in [3.05, 3.63) is 29.3 Å². The quantitative estimate of drug-likeness (QED) is 0.688. The van der Waals surface area contributed by atoms with Crippen LogP contribution in [0.1, 0.15) is 15.9 Å². The van der Waals surface area contributed by atoms with Crippen LogP contribution >= 0.6 is 0 Å². The molecule has 0 saturated carbocycles. The number of anilines is 1. The lowest BCUT2D eigenvalue weighted by Gasteiger charge is -2.07. The van der Waals surface area contributed by atoms with Crippen molar-refractivity contribution in [2.24, 2.45) is 5.73 Å². The molecule has 3 N–H and O–H groups in total. The Labute approximate surface area is 71.6 Å². The average Bonchev–Trinajstić information content (AvgIpc) is 2.03. The van der Waals surface area contributed by atoms with Crippen molar-refractivity contribution in [3.63, 3.8) is 0 Å². The van der Waals surface area contributed by atoms with Crippen LogP contribution < -0.4 is 11.1 Å². The highest BCUT2D eigenvalue weighted by atomic mass is 16.1. The van der Waals surface area contributed by atoms with Crippen molar-refractivity contribution in [1.29, 1.82) is 0 Å². The summed E-state index contributed by atoms with van der Waals surface area (Å²) in [5.41, 5.74) is 7.46. The van der Waals surface area contributed by atoms with Crippen LogP contribution in [0.5, 0.6) is 0 Å². The first kappa shape index (κ1) is 8.59. The maximum absolute atomic E-state index is 11.0. The van der Waals surface area contributed by atoms with Crippen LogP contribution in [0.4, 0.5) is 5.69 Å². The fourth-order valence-electron chi connectivity index (χ4n) is 1.20. The molecule has 0 radical (unpaired) electrons. The van der Waals surface area contributed by atoms with Gasteiger partial charge in [-0.2, -0.15) is 0 Å². The van der Waals surface area contributed by atoms with Crippen LogP contribution in [0, 0.1) is 6.92 Å². The topological polar surface area (TPSA) is 55.1 Å². The largest absolute Gasteiger partial charge is 0.387 e. The summed E-state index contributed by atoms with van der Waals surface area (Å²) in [6.07, 6.45) is 0. The van der Waals surface area contributed by atoms with Gasteiger partial charge in [0.2, 0.25) is 0 Å². The normalized spacial score (nSPS) is 9.50. The highest BCUT2D eigenvalue weighted by Crippen LogP contribution is 2.17. The molecule has 1 aromatic carbocycles. The van der Waals surface area contributed by atoms with E-state index in [1.165, 1.54) is 0 Å². The van der Waals surface area contributed by atoms with Gasteiger partial charge in [0.05, 0.1) is 5.56 Å². The summed E-state index contributed by atoms with van der Waals surface area (Å²) in [7, 11) is 1.77. The van der Waals surface area contributed by atoms with Gasteiger partial charge in [-0.3, -0.25) is 4.79 Å². The Kier molecular flexibility index (Phi) is 2.33. The summed E-state index contributed by atoms with van der Waals surface area (Å²) in [6.45, 7) is 1.86. The molecule has 3 nitrogen and oxygen atoms in total. The zero-order valence-electron chi connectivity index (χ0n) is 7.22. The summed E-state index contributed by atoms with van der Waals surface area (Å²) in [4.78, 5) is 11.0. The third kappa shape index (κ3) is 1.39. The van der Waals surface area contributed by atoms with Crippen molar-refractivity contribution in [2.45, 2.75) is 6.92 Å². The van der Waals surface area contributed by atoms with Crippen LogP contribution in [0.15, 0.2) is 18.2 Å². The molecule has 0 atom stereocenters. The third-order valence-electron chi connectivity index (χ3n) is 1.79. The number of amides is 1. The molecule has 0 fully saturated rings. The number of benzene rings is 1. The molecule has 0 aliphatic heterocycles. The van der Waals surface area contributed by atoms with Gasteiger partial charge in [0, 0.05) is 12.7 Å². The number of primary amides is 1. The van der Waals surface area contributed by atoms with Crippen LogP contribution in [0.25, 0.3) is 0 Å². The highest BCUT2D eigenvalue weighted by molar-refractivity contribution is 5.99. The fraction of sp³-hybridized carbons (Fsp3) is 0.222. The van der Waals surface area contributed by atoms with Crippen molar-refractivity contribution in [2.75, 3.05) is 12.4 Å². The Balaban J connectivity index is 3.29. The minimum Gasteiger partial charge on any atom is -0.387 e. The molecule has 0 unspecified atom stereocenters. The van der Waals surface area contributed by atoms with Gasteiger partial charge < -0.3 is 11.1 Å². The van der Waals surface area contributed by atoms with Crippen molar-refractivity contribution >= 4 is 11.6 Å². The van der Waals surface area contributed by atoms with Gasteiger partial charge in [-0.25, -0.2) is 0 Å². The second kappa shape index (κ2) is 3.26. The maximum Gasteiger partial charge on any atom is 0.251 e. The Morgan fingerprint density at radius 2 is 2.17 bits per heavy atom. The molecule has 1 aromatic rings. The lowest BCUT2D eigenvalue weighted by atomic mass is 10.1. The molecule has 3 heteroatoms. The van der Waals surface area contributed by atoms with Crippen LogP contribution in [-0.4, -0.2) is 13.0 Å². The Bertz CT molecular complexity index is 307. The van der Waals surface area contributed by atoms with E-state index < -0.39 is 5.91 Å². The minimum atomic E-state index is -0.391. The molecule has 64 valence electrons. The van der Waals surface area contributed by atoms with Gasteiger partial charge in [-0.05, 0) is 18.6 Å². The SMILES string of the molecule is CNc1cccc(C)c1C(N)=O. The Morgan fingerprint density at radius 3 is 2.58 bits per heavy atom. The molecule has 0 aliphatic carbocycles. The van der Waals surface area contributed by atoms with E-state index in [0.717, 1.165) is 11.3 Å². The Hall–Kier alpha value is -1.51. The molecular weight excluding hydrogens is 152 g/mol. The number of carbonyl (C=O) groups is 1. The van der Waals surface area contributed by atoms with Gasteiger partial charge in [-0.15, -0.1) is 0 Å². The number of hydrogen-bond donors (Lipinski definition) is 2. The van der Waals surface area contributed by atoms with Crippen molar-refractivity contribution in [1.82, 2.24) is 0 Å². The smallest absolute Gasteiger partial charge is 0.251 e. The summed E-state index contributed by atoms with van der Waals surface area (Å²) in [5, 5.41) is 2.92. The van der Waals surface area contributed by atoms with E-state index >= 15 is 0 Å². The zero-order chi connectivity index (χ0) is 9.14. The summed E-state index contributed by atoms with van der Waals surface area (Å²) in [5.74, 6) is -0.391. The molecule has 0 heterocycles. The van der Waals surface area contributed by atoms with Gasteiger partial charge in [0.1, 0.15) is 0 Å². The number of rotatable bonds is 2. The Morgan fingerprint density at radius 1 is 1.50 bits per heavy atom. The van der Waals surface area contributed by atoms with E-state index in [-0.39, 0.29) is 0 Å². The molecule has 0 aliphatic rings. The molecule has 0 aromatic heterocycles. The third-order valence-corrected chi connectivity index (χ3v) is 1.79. The maximum atomic E-state index is 11.0. The lowest BCUT2D eigenvalue weighted by Crippen LogP contribution is -2.14. The summed E-state index contributed by atoms with van der Waals surface area (Å²) in [6, 6.07) is 5.57. The van der Waals surface area contributed by atoms with Crippen LogP contribution in [0.2, 0.25) is 0 Å². The second-order valence-electron chi connectivity index (χ2n) is 2.61. The van der Waals surface area contributed by atoms with E-state index in [2.05, 4.69) is 5.32 Å². The van der Waals surface area contributed by atoms with Crippen LogP contribution in [0.3, 0.4) is 0 Å².